The van der Waals surface area contributed by atoms with Crippen molar-refractivity contribution in [1.29, 1.82) is 0 Å². The summed E-state index contributed by atoms with van der Waals surface area (Å²) in [5.74, 6) is 0.276. The van der Waals surface area contributed by atoms with Crippen molar-refractivity contribution in [1.82, 2.24) is 4.90 Å². The highest BCUT2D eigenvalue weighted by Gasteiger charge is 2.72. The summed E-state index contributed by atoms with van der Waals surface area (Å²) in [5.41, 5.74) is 5.61. The molecule has 1 spiro atoms. The van der Waals surface area contributed by atoms with Gasteiger partial charge >= 0.3 is 11.9 Å². The molecule has 2 aliphatic carbocycles. The van der Waals surface area contributed by atoms with Crippen LogP contribution in [0.5, 0.6) is 11.5 Å². The predicted octanol–water partition coefficient (Wildman–Crippen LogP) is 0.797. The minimum absolute atomic E-state index is 0.0228. The minimum atomic E-state index is -1.09. The van der Waals surface area contributed by atoms with Gasteiger partial charge in [0.15, 0.2) is 23.7 Å². The molecule has 0 saturated carbocycles. The Morgan fingerprint density at radius 2 is 2.18 bits per heavy atom. The zero-order valence-corrected chi connectivity index (χ0v) is 19.1. The van der Waals surface area contributed by atoms with Crippen LogP contribution in [0.25, 0.3) is 0 Å². The van der Waals surface area contributed by atoms with Gasteiger partial charge in [0.2, 0.25) is 0 Å². The van der Waals surface area contributed by atoms with Gasteiger partial charge in [-0.05, 0) is 51.1 Å². The van der Waals surface area contributed by atoms with E-state index >= 15 is 0 Å². The second-order valence-electron chi connectivity index (χ2n) is 9.38. The zero-order chi connectivity index (χ0) is 23.5. The average molecular weight is 459 g/mol. The number of hydrogen-bond acceptors (Lipinski definition) is 9. The van der Waals surface area contributed by atoms with Crippen LogP contribution in [0.1, 0.15) is 37.3 Å². The number of likely N-dealkylation sites (tertiary alicyclic amines) is 1. The molecule has 4 aliphatic rings. The van der Waals surface area contributed by atoms with Crippen molar-refractivity contribution in [2.75, 3.05) is 27.2 Å². The molecule has 1 unspecified atom stereocenters. The van der Waals surface area contributed by atoms with Gasteiger partial charge in [0.25, 0.3) is 0 Å². The Bertz CT molecular complexity index is 1040. The van der Waals surface area contributed by atoms with E-state index < -0.39 is 35.2 Å². The van der Waals surface area contributed by atoms with Crippen LogP contribution in [0.15, 0.2) is 24.0 Å². The summed E-state index contributed by atoms with van der Waals surface area (Å²) in [6.45, 7) is 2.38. The highest BCUT2D eigenvalue weighted by Crippen LogP contribution is 2.65. The third-order valence-electron chi connectivity index (χ3n) is 7.77. The Kier molecular flexibility index (Phi) is 5.19. The zero-order valence-electron chi connectivity index (χ0n) is 19.1. The van der Waals surface area contributed by atoms with Crippen LogP contribution in [-0.4, -0.2) is 73.0 Å². The fraction of sp³-hybridized carbons (Fsp3) is 0.583. The molecular formula is C24H30N2O7. The van der Waals surface area contributed by atoms with Crippen LogP contribution in [0.4, 0.5) is 0 Å². The molecule has 2 aliphatic heterocycles. The molecule has 1 aromatic carbocycles. The smallest absolute Gasteiger partial charge is 0.352 e. The van der Waals surface area contributed by atoms with E-state index in [0.29, 0.717) is 36.5 Å². The normalized spacial score (nSPS) is 32.2. The van der Waals surface area contributed by atoms with Gasteiger partial charge < -0.3 is 34.7 Å². The van der Waals surface area contributed by atoms with Crippen LogP contribution in [0.3, 0.4) is 0 Å². The number of aliphatic hydroxyl groups is 1. The summed E-state index contributed by atoms with van der Waals surface area (Å²) < 4.78 is 22.9. The predicted molar refractivity (Wildman–Crippen MR) is 117 cm³/mol. The van der Waals surface area contributed by atoms with Crippen LogP contribution in [-0.2, 0) is 30.9 Å². The number of likely N-dealkylation sites (N-methyl/N-ethyl adjacent to an activating group) is 1. The highest BCUT2D eigenvalue weighted by atomic mass is 16.6. The van der Waals surface area contributed by atoms with Gasteiger partial charge in [0, 0.05) is 24.6 Å². The first-order valence-electron chi connectivity index (χ1n) is 11.4. The van der Waals surface area contributed by atoms with E-state index in [1.807, 2.05) is 19.2 Å². The summed E-state index contributed by atoms with van der Waals surface area (Å²) in [7, 11) is 3.62. The van der Waals surface area contributed by atoms with Crippen LogP contribution >= 0.6 is 0 Å². The fourth-order valence-corrected chi connectivity index (χ4v) is 6.21. The van der Waals surface area contributed by atoms with Crippen molar-refractivity contribution in [2.24, 2.45) is 5.73 Å². The molecule has 2 heterocycles. The maximum absolute atomic E-state index is 12.8. The Balaban J connectivity index is 1.53. The van der Waals surface area contributed by atoms with Gasteiger partial charge in [-0.15, -0.1) is 0 Å². The minimum Gasteiger partial charge on any atom is -0.493 e. The van der Waals surface area contributed by atoms with Crippen molar-refractivity contribution < 1.29 is 33.6 Å². The largest absolute Gasteiger partial charge is 0.493 e. The highest BCUT2D eigenvalue weighted by molar-refractivity contribution is 5.80. The Hall–Kier alpha value is -2.62. The topological polar surface area (TPSA) is 121 Å². The molecule has 5 rings (SSSR count). The number of piperidine rings is 1. The number of carbonyl (C=O) groups is 2. The van der Waals surface area contributed by atoms with Gasteiger partial charge in [-0.25, -0.2) is 4.79 Å². The summed E-state index contributed by atoms with van der Waals surface area (Å²) >= 11 is 0. The number of rotatable bonds is 6. The van der Waals surface area contributed by atoms with E-state index in [-0.39, 0.29) is 19.0 Å². The summed E-state index contributed by atoms with van der Waals surface area (Å²) in [5, 5.41) is 12.2. The van der Waals surface area contributed by atoms with Gasteiger partial charge in [-0.1, -0.05) is 6.07 Å². The van der Waals surface area contributed by atoms with E-state index in [9.17, 15) is 14.7 Å². The molecule has 9 nitrogen and oxygen atoms in total. The van der Waals surface area contributed by atoms with Gasteiger partial charge in [0.1, 0.15) is 5.76 Å². The summed E-state index contributed by atoms with van der Waals surface area (Å²) in [4.78, 5) is 26.7. The number of ether oxygens (including phenoxy) is 4. The number of esters is 2. The molecule has 1 aromatic rings. The maximum Gasteiger partial charge on any atom is 0.352 e. The van der Waals surface area contributed by atoms with Crippen molar-refractivity contribution in [3.05, 3.63) is 35.1 Å². The van der Waals surface area contributed by atoms with Crippen LogP contribution in [0.2, 0.25) is 0 Å². The molecule has 33 heavy (non-hydrogen) atoms. The summed E-state index contributed by atoms with van der Waals surface area (Å²) in [6.07, 6.45) is 1.66. The molecule has 1 fully saturated rings. The molecule has 178 valence electrons. The molecule has 3 N–H and O–H groups in total. The first-order chi connectivity index (χ1) is 15.8. The molecule has 2 bridgehead atoms. The van der Waals surface area contributed by atoms with Crippen LogP contribution in [0, 0.1) is 0 Å². The van der Waals surface area contributed by atoms with Crippen molar-refractivity contribution in [3.8, 4) is 11.5 Å². The number of hydrogen-bond donors (Lipinski definition) is 2. The number of benzene rings is 1. The van der Waals surface area contributed by atoms with Gasteiger partial charge in [0.05, 0.1) is 24.5 Å². The molecule has 9 heteroatoms. The first-order valence-corrected chi connectivity index (χ1v) is 11.4. The Labute approximate surface area is 192 Å². The number of carbonyl (C=O) groups excluding carboxylic acids is 2. The second kappa shape index (κ2) is 7.72. The quantitative estimate of drug-likeness (QED) is 0.596. The van der Waals surface area contributed by atoms with E-state index in [2.05, 4.69) is 4.90 Å². The lowest BCUT2D eigenvalue weighted by molar-refractivity contribution is -0.175. The van der Waals surface area contributed by atoms with E-state index in [4.69, 9.17) is 24.7 Å². The Morgan fingerprint density at radius 3 is 2.91 bits per heavy atom. The van der Waals surface area contributed by atoms with Gasteiger partial charge in [-0.3, -0.25) is 4.79 Å². The van der Waals surface area contributed by atoms with E-state index in [1.54, 1.807) is 13.2 Å². The monoisotopic (exact) mass is 458 g/mol. The van der Waals surface area contributed by atoms with E-state index in [0.717, 1.165) is 17.7 Å². The first kappa shape index (κ1) is 22.2. The third kappa shape index (κ3) is 2.95. The van der Waals surface area contributed by atoms with E-state index in [1.165, 1.54) is 6.92 Å². The van der Waals surface area contributed by atoms with Crippen LogP contribution < -0.4 is 15.2 Å². The molecule has 1 saturated heterocycles. The number of methoxy groups -OCH3 is 1. The molecule has 5 atom stereocenters. The van der Waals surface area contributed by atoms with Crippen molar-refractivity contribution in [2.45, 2.75) is 61.9 Å². The Morgan fingerprint density at radius 1 is 1.39 bits per heavy atom. The van der Waals surface area contributed by atoms with Crippen molar-refractivity contribution in [3.63, 3.8) is 0 Å². The fourth-order valence-electron chi connectivity index (χ4n) is 6.21. The number of nitrogens with two attached hydrogens (primary N) is 1. The maximum atomic E-state index is 12.8. The second-order valence-corrected chi connectivity index (χ2v) is 9.38. The molecule has 0 radical (unpaired) electrons. The number of nitrogens with zero attached hydrogens (tertiary/aromatic N) is 1. The van der Waals surface area contributed by atoms with Crippen molar-refractivity contribution >= 4 is 11.9 Å². The lowest BCUT2D eigenvalue weighted by Gasteiger charge is -2.61. The summed E-state index contributed by atoms with van der Waals surface area (Å²) in [6, 6.07) is 3.84. The average Bonchev–Trinajstić information content (AvgIpc) is 3.13. The third-order valence-corrected chi connectivity index (χ3v) is 7.77. The molecular weight excluding hydrogens is 428 g/mol. The molecule has 0 amide bonds. The lowest BCUT2D eigenvalue weighted by Crippen LogP contribution is -2.74. The van der Waals surface area contributed by atoms with Gasteiger partial charge in [-0.2, -0.15) is 0 Å². The molecule has 0 aromatic heterocycles. The lowest BCUT2D eigenvalue weighted by atomic mass is 9.50. The standard InChI is InChI=1S/C24H30N2O7/c1-13(31-18(27)7-10-25)22(28)32-16-6-8-24(29)17-12-14-4-5-15(30-3)20-19(14)23(24,21(16)33-20)9-11-26(17)2/h4-6,13,17,21,29H,7-12,25H2,1-3H3/t13-,17?,21-,23-,24-/m0/s1. The SMILES string of the molecule is COc1ccc2c3c1O[C@H]1C(OC(=O)[C@H](C)OC(=O)CCN)=CC[C@]4(O)C(C2)N(C)CC[C@]314.